The molecule has 0 aliphatic rings. The van der Waals surface area contributed by atoms with Gasteiger partial charge in [0.15, 0.2) is 0 Å². The van der Waals surface area contributed by atoms with E-state index in [4.69, 9.17) is 4.52 Å². The molecule has 0 saturated carbocycles. The van der Waals surface area contributed by atoms with Gasteiger partial charge in [-0.2, -0.15) is 0 Å². The summed E-state index contributed by atoms with van der Waals surface area (Å²) in [5.74, 6) is -1.10. The SMILES string of the molecule is CCOP(C)(=O)CN(C)CCC(=O)[O-].[Na+]. The van der Waals surface area contributed by atoms with Crippen molar-refractivity contribution in [1.29, 1.82) is 0 Å². The third-order valence-corrected chi connectivity index (χ3v) is 3.40. The van der Waals surface area contributed by atoms with Gasteiger partial charge >= 0.3 is 29.6 Å². The van der Waals surface area contributed by atoms with Crippen molar-refractivity contribution in [1.82, 2.24) is 4.90 Å². The molecule has 84 valence electrons. The third-order valence-electron chi connectivity index (χ3n) is 1.60. The van der Waals surface area contributed by atoms with Gasteiger partial charge < -0.3 is 14.4 Å². The molecule has 0 heterocycles. The maximum absolute atomic E-state index is 11.6. The van der Waals surface area contributed by atoms with E-state index in [-0.39, 0.29) is 42.3 Å². The van der Waals surface area contributed by atoms with E-state index in [0.29, 0.717) is 13.2 Å². The molecule has 0 saturated heterocycles. The normalized spacial score (nSPS) is 14.4. The Bertz CT molecular complexity index is 237. The Hall–Kier alpha value is 0.620. The van der Waals surface area contributed by atoms with Crippen LogP contribution in [0.15, 0.2) is 0 Å². The summed E-state index contributed by atoms with van der Waals surface area (Å²) in [5.41, 5.74) is 0. The maximum atomic E-state index is 11.6. The van der Waals surface area contributed by atoms with Gasteiger partial charge in [0.25, 0.3) is 0 Å². The predicted molar refractivity (Wildman–Crippen MR) is 52.3 cm³/mol. The van der Waals surface area contributed by atoms with Gasteiger partial charge in [-0.25, -0.2) is 0 Å². The van der Waals surface area contributed by atoms with Gasteiger partial charge in [0.05, 0.1) is 12.9 Å². The van der Waals surface area contributed by atoms with Gasteiger partial charge in [-0.15, -0.1) is 0 Å². The van der Waals surface area contributed by atoms with Crippen LogP contribution in [0, 0.1) is 0 Å². The molecular weight excluding hydrogens is 228 g/mol. The van der Waals surface area contributed by atoms with Crippen molar-refractivity contribution in [3.05, 3.63) is 0 Å². The molecule has 15 heavy (non-hydrogen) atoms. The van der Waals surface area contributed by atoms with E-state index in [9.17, 15) is 14.5 Å². The predicted octanol–water partition coefficient (Wildman–Crippen LogP) is -3.04. The van der Waals surface area contributed by atoms with E-state index < -0.39 is 13.3 Å². The van der Waals surface area contributed by atoms with Gasteiger partial charge in [0.1, 0.15) is 0 Å². The Morgan fingerprint density at radius 2 is 2.07 bits per heavy atom. The Morgan fingerprint density at radius 3 is 2.47 bits per heavy atom. The average Bonchev–Trinajstić information content (AvgIpc) is 1.99. The molecule has 0 radical (unpaired) electrons. The largest absolute Gasteiger partial charge is 1.00 e. The van der Waals surface area contributed by atoms with Crippen LogP contribution in [0.5, 0.6) is 0 Å². The first kappa shape index (κ1) is 18.0. The van der Waals surface area contributed by atoms with Gasteiger partial charge in [-0.05, 0) is 20.4 Å². The fourth-order valence-corrected chi connectivity index (χ4v) is 2.75. The summed E-state index contributed by atoms with van der Waals surface area (Å²) in [6, 6.07) is 0. The summed E-state index contributed by atoms with van der Waals surface area (Å²) in [6.45, 7) is 4.05. The van der Waals surface area contributed by atoms with Crippen LogP contribution in [-0.4, -0.2) is 44.0 Å². The van der Waals surface area contributed by atoms with Crippen LogP contribution in [0.2, 0.25) is 0 Å². The Morgan fingerprint density at radius 1 is 1.53 bits per heavy atom. The third kappa shape index (κ3) is 10.9. The number of carbonyl (C=O) groups is 1. The zero-order valence-electron chi connectivity index (χ0n) is 9.86. The fourth-order valence-electron chi connectivity index (χ4n) is 1.11. The van der Waals surface area contributed by atoms with E-state index in [0.717, 1.165) is 0 Å². The summed E-state index contributed by atoms with van der Waals surface area (Å²) in [6.07, 6.45) is 0.219. The summed E-state index contributed by atoms with van der Waals surface area (Å²) in [7, 11) is -0.890. The van der Waals surface area contributed by atoms with Crippen molar-refractivity contribution in [3.8, 4) is 0 Å². The van der Waals surface area contributed by atoms with Crippen molar-refractivity contribution in [2.75, 3.05) is 33.1 Å². The van der Waals surface area contributed by atoms with E-state index in [2.05, 4.69) is 0 Å². The number of hydrogen-bond donors (Lipinski definition) is 0. The summed E-state index contributed by atoms with van der Waals surface area (Å²) in [5, 5.41) is 10.2. The second kappa shape index (κ2) is 8.74. The van der Waals surface area contributed by atoms with Crippen LogP contribution < -0.4 is 34.7 Å². The quantitative estimate of drug-likeness (QED) is 0.352. The molecule has 0 aromatic rings. The van der Waals surface area contributed by atoms with Gasteiger partial charge in [0, 0.05) is 19.2 Å². The molecule has 0 fully saturated rings. The second-order valence-electron chi connectivity index (χ2n) is 3.27. The summed E-state index contributed by atoms with van der Waals surface area (Å²) >= 11 is 0. The number of aliphatic carboxylic acids is 1. The molecule has 0 rings (SSSR count). The zero-order chi connectivity index (χ0) is 11.2. The minimum absolute atomic E-state index is 0. The molecule has 0 bridgehead atoms. The van der Waals surface area contributed by atoms with E-state index in [1.807, 2.05) is 0 Å². The van der Waals surface area contributed by atoms with E-state index in [1.165, 1.54) is 0 Å². The number of carboxylic acid groups (broad SMARTS) is 1. The molecule has 0 aromatic carbocycles. The summed E-state index contributed by atoms with van der Waals surface area (Å²) in [4.78, 5) is 11.8. The molecule has 1 atom stereocenters. The number of nitrogens with zero attached hydrogens (tertiary/aromatic N) is 1. The van der Waals surface area contributed by atoms with Crippen LogP contribution in [0.1, 0.15) is 13.3 Å². The zero-order valence-corrected chi connectivity index (χ0v) is 12.8. The Labute approximate surface area is 113 Å². The molecule has 1 unspecified atom stereocenters. The molecule has 0 aromatic heterocycles. The first-order chi connectivity index (χ1) is 6.37. The minimum atomic E-state index is -2.60. The van der Waals surface area contributed by atoms with E-state index >= 15 is 0 Å². The van der Waals surface area contributed by atoms with Crippen molar-refractivity contribution in [3.63, 3.8) is 0 Å². The number of hydrogen-bond acceptors (Lipinski definition) is 5. The first-order valence-corrected chi connectivity index (χ1v) is 6.72. The number of carboxylic acids is 1. The molecule has 0 spiro atoms. The fraction of sp³-hybridized carbons (Fsp3) is 0.875. The Kier molecular flexibility index (Phi) is 10.5. The van der Waals surface area contributed by atoms with Crippen LogP contribution in [0.4, 0.5) is 0 Å². The van der Waals surface area contributed by atoms with Crippen molar-refractivity contribution in [2.45, 2.75) is 13.3 Å². The maximum Gasteiger partial charge on any atom is 1.00 e. The molecule has 0 aliphatic carbocycles. The van der Waals surface area contributed by atoms with Gasteiger partial charge in [-0.1, -0.05) is 0 Å². The molecular formula is C8H17NNaO4P. The standard InChI is InChI=1S/C8H18NO4P.Na/c1-4-13-14(3,12)7-9(2)6-5-8(10)11;/h4-7H2,1-3H3,(H,10,11);/q;+1/p-1. The van der Waals surface area contributed by atoms with Crippen molar-refractivity contribution >= 4 is 13.3 Å². The first-order valence-electron chi connectivity index (χ1n) is 4.47. The molecule has 0 aliphatic heterocycles. The molecule has 7 heteroatoms. The smallest absolute Gasteiger partial charge is 0.550 e. The van der Waals surface area contributed by atoms with Gasteiger partial charge in [0.2, 0.25) is 7.37 Å². The van der Waals surface area contributed by atoms with Gasteiger partial charge in [-0.3, -0.25) is 9.46 Å². The second-order valence-corrected chi connectivity index (χ2v) is 5.84. The van der Waals surface area contributed by atoms with E-state index in [1.54, 1.807) is 25.5 Å². The van der Waals surface area contributed by atoms with Crippen molar-refractivity contribution < 1.29 is 48.5 Å². The molecule has 0 amide bonds. The summed E-state index contributed by atoms with van der Waals surface area (Å²) < 4.78 is 16.7. The topological polar surface area (TPSA) is 69.7 Å². The Balaban J connectivity index is 0. The van der Waals surface area contributed by atoms with Crippen LogP contribution in [0.3, 0.4) is 0 Å². The van der Waals surface area contributed by atoms with Crippen molar-refractivity contribution in [2.24, 2.45) is 0 Å². The van der Waals surface area contributed by atoms with Crippen LogP contribution >= 0.6 is 7.37 Å². The number of rotatable bonds is 7. The van der Waals surface area contributed by atoms with Crippen LogP contribution in [0.25, 0.3) is 0 Å². The monoisotopic (exact) mass is 245 g/mol. The number of carbonyl (C=O) groups excluding carboxylic acids is 1. The average molecular weight is 245 g/mol. The molecule has 0 N–H and O–H groups in total. The van der Waals surface area contributed by atoms with Crippen LogP contribution in [-0.2, 0) is 13.9 Å². The minimum Gasteiger partial charge on any atom is -0.550 e. The molecule has 5 nitrogen and oxygen atoms in total.